The minimum absolute atomic E-state index is 0.0144. The van der Waals surface area contributed by atoms with Crippen LogP contribution < -0.4 is 0 Å². The number of benzene rings is 2. The van der Waals surface area contributed by atoms with Gasteiger partial charge < -0.3 is 14.7 Å². The standard InChI is InChI=1S/C39H42N6O3/c46-37(31-11-17-40-18-12-31)43-19-13-32(14-20-43)38(47)44-21-15-34(16-22-44)42-23-25-45(26-24-42)39(48)33-27-35(29-7-3-1-4-8-29)41-36(28-33)30-9-5-2-6-10-30/h1-12,17-18,27-28,32,34H,13-16,19-26H2. The molecule has 7 rings (SSSR count). The zero-order valence-corrected chi connectivity index (χ0v) is 27.3. The van der Waals surface area contributed by atoms with Gasteiger partial charge in [0.2, 0.25) is 5.91 Å². The van der Waals surface area contributed by atoms with Gasteiger partial charge in [0.1, 0.15) is 0 Å². The van der Waals surface area contributed by atoms with E-state index < -0.39 is 0 Å². The largest absolute Gasteiger partial charge is 0.342 e. The second-order valence-electron chi connectivity index (χ2n) is 13.0. The maximum Gasteiger partial charge on any atom is 0.254 e. The van der Waals surface area contributed by atoms with Crippen LogP contribution in [-0.2, 0) is 4.79 Å². The molecule has 5 heterocycles. The lowest BCUT2D eigenvalue weighted by Gasteiger charge is -2.43. The normalized spacial score (nSPS) is 18.1. The van der Waals surface area contributed by atoms with Gasteiger partial charge in [-0.15, -0.1) is 0 Å². The van der Waals surface area contributed by atoms with E-state index in [1.54, 1.807) is 24.5 Å². The van der Waals surface area contributed by atoms with Crippen LogP contribution in [-0.4, -0.2) is 106 Å². The Morgan fingerprint density at radius 2 is 1.04 bits per heavy atom. The highest BCUT2D eigenvalue weighted by atomic mass is 16.2. The first-order valence-electron chi connectivity index (χ1n) is 17.2. The number of hydrogen-bond acceptors (Lipinski definition) is 6. The van der Waals surface area contributed by atoms with E-state index >= 15 is 0 Å². The first-order valence-corrected chi connectivity index (χ1v) is 17.2. The fraction of sp³-hybridized carbons (Fsp3) is 0.359. The van der Waals surface area contributed by atoms with E-state index in [0.717, 1.165) is 61.5 Å². The van der Waals surface area contributed by atoms with E-state index in [4.69, 9.17) is 4.98 Å². The van der Waals surface area contributed by atoms with Gasteiger partial charge in [0.15, 0.2) is 0 Å². The highest BCUT2D eigenvalue weighted by Gasteiger charge is 2.34. The minimum atomic E-state index is -0.0180. The Kier molecular flexibility index (Phi) is 9.56. The van der Waals surface area contributed by atoms with Crippen molar-refractivity contribution >= 4 is 17.7 Å². The Bertz CT molecular complexity index is 1650. The molecule has 9 heteroatoms. The van der Waals surface area contributed by atoms with Crippen LogP contribution in [0.3, 0.4) is 0 Å². The predicted octanol–water partition coefficient (Wildman–Crippen LogP) is 5.11. The molecule has 9 nitrogen and oxygen atoms in total. The molecule has 2 aromatic carbocycles. The Balaban J connectivity index is 0.915. The maximum atomic E-state index is 13.9. The van der Waals surface area contributed by atoms with Gasteiger partial charge in [-0.2, -0.15) is 0 Å². The fourth-order valence-electron chi connectivity index (χ4n) is 7.36. The summed E-state index contributed by atoms with van der Waals surface area (Å²) in [5.41, 5.74) is 4.87. The molecule has 3 aliphatic heterocycles. The topological polar surface area (TPSA) is 90.0 Å². The summed E-state index contributed by atoms with van der Waals surface area (Å²) in [7, 11) is 0. The van der Waals surface area contributed by atoms with E-state index in [-0.39, 0.29) is 23.6 Å². The van der Waals surface area contributed by atoms with E-state index in [2.05, 4.69) is 9.88 Å². The number of piperazine rings is 1. The van der Waals surface area contributed by atoms with E-state index in [1.165, 1.54) is 0 Å². The van der Waals surface area contributed by atoms with Gasteiger partial charge in [0.25, 0.3) is 11.8 Å². The Morgan fingerprint density at radius 3 is 1.60 bits per heavy atom. The van der Waals surface area contributed by atoms with Crippen molar-refractivity contribution in [1.29, 1.82) is 0 Å². The molecule has 0 saturated carbocycles. The summed E-state index contributed by atoms with van der Waals surface area (Å²) in [6, 6.07) is 27.8. The summed E-state index contributed by atoms with van der Waals surface area (Å²) >= 11 is 0. The van der Waals surface area contributed by atoms with Crippen LogP contribution in [0.2, 0.25) is 0 Å². The molecule has 2 aromatic heterocycles. The summed E-state index contributed by atoms with van der Waals surface area (Å²) in [6.45, 7) is 5.76. The maximum absolute atomic E-state index is 13.9. The van der Waals surface area contributed by atoms with Crippen molar-refractivity contribution in [2.75, 3.05) is 52.4 Å². The first kappa shape index (κ1) is 31.7. The number of aromatic nitrogens is 2. The molecule has 0 spiro atoms. The van der Waals surface area contributed by atoms with Crippen molar-refractivity contribution in [3.63, 3.8) is 0 Å². The Morgan fingerprint density at radius 1 is 0.542 bits per heavy atom. The monoisotopic (exact) mass is 642 g/mol. The third-order valence-corrected chi connectivity index (χ3v) is 10.2. The molecule has 3 aliphatic rings. The number of likely N-dealkylation sites (tertiary alicyclic amines) is 2. The SMILES string of the molecule is O=C(c1ccncc1)N1CCC(C(=O)N2CCC(N3CCN(C(=O)c4cc(-c5ccccc5)nc(-c5ccccc5)c4)CC3)CC2)CC1. The van der Waals surface area contributed by atoms with E-state index in [1.807, 2.05) is 87.5 Å². The highest BCUT2D eigenvalue weighted by molar-refractivity contribution is 5.96. The smallest absolute Gasteiger partial charge is 0.254 e. The number of pyridine rings is 2. The molecule has 0 bridgehead atoms. The van der Waals surface area contributed by atoms with Crippen molar-refractivity contribution in [3.05, 3.63) is 108 Å². The fourth-order valence-corrected chi connectivity index (χ4v) is 7.36. The molecule has 0 radical (unpaired) electrons. The molecule has 48 heavy (non-hydrogen) atoms. The summed E-state index contributed by atoms with van der Waals surface area (Å²) in [5.74, 6) is 0.276. The third-order valence-electron chi connectivity index (χ3n) is 10.2. The second kappa shape index (κ2) is 14.5. The van der Waals surface area contributed by atoms with Crippen molar-refractivity contribution in [2.24, 2.45) is 5.92 Å². The molecule has 0 N–H and O–H groups in total. The van der Waals surface area contributed by atoms with Crippen LogP contribution in [0.5, 0.6) is 0 Å². The van der Waals surface area contributed by atoms with Crippen LogP contribution in [0.4, 0.5) is 0 Å². The lowest BCUT2D eigenvalue weighted by Crippen LogP contribution is -2.55. The van der Waals surface area contributed by atoms with Crippen molar-refractivity contribution in [3.8, 4) is 22.5 Å². The van der Waals surface area contributed by atoms with Gasteiger partial charge in [-0.05, 0) is 49.9 Å². The lowest BCUT2D eigenvalue weighted by molar-refractivity contribution is -0.138. The molecule has 3 amide bonds. The first-order chi connectivity index (χ1) is 23.5. The molecule has 4 aromatic rings. The van der Waals surface area contributed by atoms with Crippen molar-refractivity contribution < 1.29 is 14.4 Å². The Labute approximate surface area is 282 Å². The Hall–Kier alpha value is -4.89. The second-order valence-corrected chi connectivity index (χ2v) is 13.0. The lowest BCUT2D eigenvalue weighted by atomic mass is 9.93. The number of piperidine rings is 2. The molecule has 246 valence electrons. The highest BCUT2D eigenvalue weighted by Crippen LogP contribution is 2.28. The van der Waals surface area contributed by atoms with Crippen LogP contribution in [0, 0.1) is 5.92 Å². The van der Waals surface area contributed by atoms with Gasteiger partial charge in [0.05, 0.1) is 11.4 Å². The molecule has 0 unspecified atom stereocenters. The minimum Gasteiger partial charge on any atom is -0.342 e. The number of nitrogens with zero attached hydrogens (tertiary/aromatic N) is 6. The van der Waals surface area contributed by atoms with Gasteiger partial charge in [-0.25, -0.2) is 4.98 Å². The van der Waals surface area contributed by atoms with Crippen molar-refractivity contribution in [2.45, 2.75) is 31.7 Å². The van der Waals surface area contributed by atoms with E-state index in [0.29, 0.717) is 56.2 Å². The number of hydrogen-bond donors (Lipinski definition) is 0. The van der Waals surface area contributed by atoms with Crippen LogP contribution in [0.25, 0.3) is 22.5 Å². The van der Waals surface area contributed by atoms with Crippen LogP contribution in [0.15, 0.2) is 97.3 Å². The molecular weight excluding hydrogens is 600 g/mol. The van der Waals surface area contributed by atoms with E-state index in [9.17, 15) is 14.4 Å². The molecule has 0 atom stereocenters. The summed E-state index contributed by atoms with van der Waals surface area (Å²) < 4.78 is 0. The van der Waals surface area contributed by atoms with Crippen LogP contribution in [0.1, 0.15) is 46.4 Å². The van der Waals surface area contributed by atoms with Gasteiger partial charge in [0, 0.05) is 99.0 Å². The van der Waals surface area contributed by atoms with Crippen molar-refractivity contribution in [1.82, 2.24) is 29.6 Å². The van der Waals surface area contributed by atoms with Crippen LogP contribution >= 0.6 is 0 Å². The third kappa shape index (κ3) is 7.01. The van der Waals surface area contributed by atoms with Gasteiger partial charge in [-0.3, -0.25) is 24.3 Å². The van der Waals surface area contributed by atoms with Gasteiger partial charge in [-0.1, -0.05) is 60.7 Å². The number of carbonyl (C=O) groups excluding carboxylic acids is 3. The zero-order valence-electron chi connectivity index (χ0n) is 27.3. The average Bonchev–Trinajstić information content (AvgIpc) is 3.18. The number of amides is 3. The molecule has 3 fully saturated rings. The average molecular weight is 643 g/mol. The zero-order chi connectivity index (χ0) is 32.9. The predicted molar refractivity (Wildman–Crippen MR) is 185 cm³/mol. The molecular formula is C39H42N6O3. The van der Waals surface area contributed by atoms with Gasteiger partial charge >= 0.3 is 0 Å². The number of carbonyl (C=O) groups is 3. The summed E-state index contributed by atoms with van der Waals surface area (Å²) in [4.78, 5) is 57.4. The summed E-state index contributed by atoms with van der Waals surface area (Å²) in [6.07, 6.45) is 6.59. The molecule has 3 saturated heterocycles. The molecule has 0 aliphatic carbocycles. The number of rotatable bonds is 6. The summed E-state index contributed by atoms with van der Waals surface area (Å²) in [5, 5.41) is 0. The quantitative estimate of drug-likeness (QED) is 0.291.